The van der Waals surface area contributed by atoms with Crippen LogP contribution in [0.4, 0.5) is 5.69 Å². The summed E-state index contributed by atoms with van der Waals surface area (Å²) in [6.07, 6.45) is 0.285. The standard InChI is InChI=1S/C17H22N2O2/c1-10(2)14-8-6-7-11(3)17(14)18-16(20)9-15-12(4)19-21-13(15)5/h6-8,10H,9H2,1-5H3,(H,18,20). The summed E-state index contributed by atoms with van der Waals surface area (Å²) in [5, 5.41) is 6.93. The van der Waals surface area contributed by atoms with Gasteiger partial charge in [0.05, 0.1) is 12.1 Å². The minimum Gasteiger partial charge on any atom is -0.361 e. The van der Waals surface area contributed by atoms with Crippen molar-refractivity contribution in [3.63, 3.8) is 0 Å². The zero-order valence-electron chi connectivity index (χ0n) is 13.3. The third kappa shape index (κ3) is 3.32. The van der Waals surface area contributed by atoms with E-state index < -0.39 is 0 Å². The Morgan fingerprint density at radius 2 is 2.00 bits per heavy atom. The Kier molecular flexibility index (Phi) is 4.46. The molecule has 1 N–H and O–H groups in total. The Morgan fingerprint density at radius 1 is 1.29 bits per heavy atom. The first-order valence-corrected chi connectivity index (χ1v) is 7.21. The molecule has 4 heteroatoms. The van der Waals surface area contributed by atoms with Gasteiger partial charge in [-0.05, 0) is 37.8 Å². The highest BCUT2D eigenvalue weighted by Crippen LogP contribution is 2.27. The highest BCUT2D eigenvalue weighted by molar-refractivity contribution is 5.94. The number of rotatable bonds is 4. The molecule has 4 nitrogen and oxygen atoms in total. The monoisotopic (exact) mass is 286 g/mol. The predicted octanol–water partition coefficient (Wildman–Crippen LogP) is 3.90. The van der Waals surface area contributed by atoms with Gasteiger partial charge in [-0.25, -0.2) is 0 Å². The Morgan fingerprint density at radius 3 is 2.57 bits per heavy atom. The fourth-order valence-corrected chi connectivity index (χ4v) is 2.44. The lowest BCUT2D eigenvalue weighted by Crippen LogP contribution is -2.17. The molecule has 0 spiro atoms. The molecule has 0 fully saturated rings. The highest BCUT2D eigenvalue weighted by Gasteiger charge is 2.16. The van der Waals surface area contributed by atoms with Crippen molar-refractivity contribution in [3.05, 3.63) is 46.3 Å². The molecule has 0 atom stereocenters. The molecule has 0 aliphatic carbocycles. The first-order valence-electron chi connectivity index (χ1n) is 7.21. The van der Waals surface area contributed by atoms with E-state index in [1.54, 1.807) is 0 Å². The molecule has 21 heavy (non-hydrogen) atoms. The van der Waals surface area contributed by atoms with E-state index in [0.29, 0.717) is 11.7 Å². The maximum atomic E-state index is 12.3. The fourth-order valence-electron chi connectivity index (χ4n) is 2.44. The van der Waals surface area contributed by atoms with Crippen molar-refractivity contribution in [2.75, 3.05) is 5.32 Å². The highest BCUT2D eigenvalue weighted by atomic mass is 16.5. The second-order valence-corrected chi connectivity index (χ2v) is 5.72. The summed E-state index contributed by atoms with van der Waals surface area (Å²) in [5.74, 6) is 1.02. The number of benzene rings is 1. The molecule has 1 amide bonds. The zero-order chi connectivity index (χ0) is 15.6. The van der Waals surface area contributed by atoms with Gasteiger partial charge in [0.2, 0.25) is 5.91 Å². The second-order valence-electron chi connectivity index (χ2n) is 5.72. The van der Waals surface area contributed by atoms with Crippen LogP contribution in [0, 0.1) is 20.8 Å². The minimum atomic E-state index is -0.0411. The van der Waals surface area contributed by atoms with Crippen LogP contribution in [0.2, 0.25) is 0 Å². The summed E-state index contributed by atoms with van der Waals surface area (Å²) in [5.41, 5.74) is 4.79. The van der Waals surface area contributed by atoms with E-state index in [-0.39, 0.29) is 12.3 Å². The summed E-state index contributed by atoms with van der Waals surface area (Å²) in [4.78, 5) is 12.3. The smallest absolute Gasteiger partial charge is 0.229 e. The van der Waals surface area contributed by atoms with Crippen LogP contribution < -0.4 is 5.32 Å². The SMILES string of the molecule is Cc1cccc(C(C)C)c1NC(=O)Cc1c(C)noc1C. The van der Waals surface area contributed by atoms with E-state index in [1.807, 2.05) is 32.9 Å². The number of hydrogen-bond acceptors (Lipinski definition) is 3. The van der Waals surface area contributed by atoms with Crippen molar-refractivity contribution >= 4 is 11.6 Å². The van der Waals surface area contributed by atoms with Crippen LogP contribution in [-0.2, 0) is 11.2 Å². The van der Waals surface area contributed by atoms with Gasteiger partial charge in [-0.1, -0.05) is 37.2 Å². The van der Waals surface area contributed by atoms with Gasteiger partial charge in [0.15, 0.2) is 0 Å². The van der Waals surface area contributed by atoms with E-state index in [2.05, 4.69) is 30.4 Å². The van der Waals surface area contributed by atoms with Gasteiger partial charge in [-0.3, -0.25) is 4.79 Å². The van der Waals surface area contributed by atoms with E-state index in [0.717, 1.165) is 28.1 Å². The van der Waals surface area contributed by atoms with Crippen molar-refractivity contribution in [2.24, 2.45) is 0 Å². The number of carbonyl (C=O) groups excluding carboxylic acids is 1. The Hall–Kier alpha value is -2.10. The number of aromatic nitrogens is 1. The van der Waals surface area contributed by atoms with Crippen LogP contribution in [0.5, 0.6) is 0 Å². The molecular formula is C17H22N2O2. The van der Waals surface area contributed by atoms with E-state index >= 15 is 0 Å². The summed E-state index contributed by atoms with van der Waals surface area (Å²) in [7, 11) is 0. The number of aryl methyl sites for hydroxylation is 3. The van der Waals surface area contributed by atoms with Crippen LogP contribution >= 0.6 is 0 Å². The van der Waals surface area contributed by atoms with Crippen molar-refractivity contribution in [1.29, 1.82) is 0 Å². The third-order valence-corrected chi connectivity index (χ3v) is 3.71. The summed E-state index contributed by atoms with van der Waals surface area (Å²) in [6.45, 7) is 9.94. The molecule has 0 aliphatic heterocycles. The van der Waals surface area contributed by atoms with E-state index in [1.165, 1.54) is 0 Å². The topological polar surface area (TPSA) is 55.1 Å². The third-order valence-electron chi connectivity index (χ3n) is 3.71. The van der Waals surface area contributed by atoms with Crippen LogP contribution in [-0.4, -0.2) is 11.1 Å². The average Bonchev–Trinajstić information content (AvgIpc) is 2.72. The Bertz CT molecular complexity index is 637. The van der Waals surface area contributed by atoms with E-state index in [4.69, 9.17) is 4.52 Å². The molecule has 0 bridgehead atoms. The second kappa shape index (κ2) is 6.12. The number of anilines is 1. The number of carbonyl (C=O) groups is 1. The lowest BCUT2D eigenvalue weighted by Gasteiger charge is -2.16. The quantitative estimate of drug-likeness (QED) is 0.927. The number of nitrogens with zero attached hydrogens (tertiary/aromatic N) is 1. The van der Waals surface area contributed by atoms with Gasteiger partial charge in [0.25, 0.3) is 0 Å². The van der Waals surface area contributed by atoms with Crippen molar-refractivity contribution in [1.82, 2.24) is 5.16 Å². The molecule has 2 rings (SSSR count). The molecule has 1 heterocycles. The molecule has 1 aromatic carbocycles. The maximum Gasteiger partial charge on any atom is 0.229 e. The van der Waals surface area contributed by atoms with Gasteiger partial charge >= 0.3 is 0 Å². The number of nitrogens with one attached hydrogen (secondary N) is 1. The summed E-state index contributed by atoms with van der Waals surface area (Å²) in [6, 6.07) is 6.09. The zero-order valence-corrected chi connectivity index (χ0v) is 13.3. The van der Waals surface area contributed by atoms with Gasteiger partial charge < -0.3 is 9.84 Å². The molecule has 112 valence electrons. The van der Waals surface area contributed by atoms with Gasteiger partial charge in [-0.2, -0.15) is 0 Å². The molecular weight excluding hydrogens is 264 g/mol. The normalized spacial score (nSPS) is 11.0. The van der Waals surface area contributed by atoms with Crippen LogP contribution in [0.1, 0.15) is 47.9 Å². The van der Waals surface area contributed by atoms with Gasteiger partial charge in [0, 0.05) is 11.3 Å². The molecule has 1 aromatic heterocycles. The molecule has 0 saturated heterocycles. The largest absolute Gasteiger partial charge is 0.361 e. The Balaban J connectivity index is 2.21. The maximum absolute atomic E-state index is 12.3. The fraction of sp³-hybridized carbons (Fsp3) is 0.412. The molecule has 0 saturated carbocycles. The predicted molar refractivity (Wildman–Crippen MR) is 83.6 cm³/mol. The number of hydrogen-bond donors (Lipinski definition) is 1. The Labute approximate surface area is 125 Å². The van der Waals surface area contributed by atoms with Crippen molar-refractivity contribution in [3.8, 4) is 0 Å². The summed E-state index contributed by atoms with van der Waals surface area (Å²) >= 11 is 0. The molecule has 0 unspecified atom stereocenters. The molecule has 0 radical (unpaired) electrons. The van der Waals surface area contributed by atoms with Crippen molar-refractivity contribution in [2.45, 2.75) is 47.0 Å². The van der Waals surface area contributed by atoms with Crippen LogP contribution in [0.15, 0.2) is 22.7 Å². The van der Waals surface area contributed by atoms with Crippen LogP contribution in [0.25, 0.3) is 0 Å². The first-order chi connectivity index (χ1) is 9.90. The van der Waals surface area contributed by atoms with Crippen LogP contribution in [0.3, 0.4) is 0 Å². The average molecular weight is 286 g/mol. The molecule has 2 aromatic rings. The van der Waals surface area contributed by atoms with Crippen molar-refractivity contribution < 1.29 is 9.32 Å². The van der Waals surface area contributed by atoms with Gasteiger partial charge in [0.1, 0.15) is 5.76 Å². The van der Waals surface area contributed by atoms with Gasteiger partial charge in [-0.15, -0.1) is 0 Å². The van der Waals surface area contributed by atoms with E-state index in [9.17, 15) is 4.79 Å². The lowest BCUT2D eigenvalue weighted by atomic mass is 9.98. The first kappa shape index (κ1) is 15.3. The number of para-hydroxylation sites is 1. The minimum absolute atomic E-state index is 0.0411. The molecule has 0 aliphatic rings. The summed E-state index contributed by atoms with van der Waals surface area (Å²) < 4.78 is 5.10. The lowest BCUT2D eigenvalue weighted by molar-refractivity contribution is -0.115. The number of amides is 1.